The maximum Gasteiger partial charge on any atom is 0.344 e. The number of thioether (sulfide) groups is 1. The Morgan fingerprint density at radius 1 is 1.52 bits per heavy atom. The summed E-state index contributed by atoms with van der Waals surface area (Å²) in [4.78, 5) is 22.8. The van der Waals surface area contributed by atoms with Crippen LogP contribution in [0.4, 0.5) is 5.82 Å². The number of hydrogen-bond acceptors (Lipinski definition) is 7. The topological polar surface area (TPSA) is 79.1 Å². The first-order valence-electron chi connectivity index (χ1n) is 7.42. The Kier molecular flexibility index (Phi) is 6.48. The van der Waals surface area contributed by atoms with Crippen molar-refractivity contribution in [2.45, 2.75) is 30.8 Å². The molecule has 6 nitrogen and oxygen atoms in total. The van der Waals surface area contributed by atoms with Crippen LogP contribution in [0.1, 0.15) is 36.0 Å². The molecule has 23 heavy (non-hydrogen) atoms. The molecule has 1 aromatic rings. The highest BCUT2D eigenvalue weighted by Gasteiger charge is 2.27. The lowest BCUT2D eigenvalue weighted by atomic mass is 10.0. The number of hydrogen-bond donors (Lipinski definition) is 0. The first kappa shape index (κ1) is 17.8. The number of esters is 1. The second-order valence-electron chi connectivity index (χ2n) is 5.36. The second-order valence-corrected chi connectivity index (χ2v) is 6.49. The maximum absolute atomic E-state index is 12.1. The lowest BCUT2D eigenvalue weighted by Crippen LogP contribution is -2.31. The smallest absolute Gasteiger partial charge is 0.344 e. The van der Waals surface area contributed by atoms with Gasteiger partial charge in [0.1, 0.15) is 16.5 Å². The fraction of sp³-hybridized carbons (Fsp3) is 0.600. The Balaban J connectivity index is 2.44. The molecule has 124 valence electrons. The third-order valence-corrected chi connectivity index (χ3v) is 4.67. The van der Waals surface area contributed by atoms with Crippen molar-refractivity contribution in [1.29, 1.82) is 5.26 Å². The molecule has 0 bridgehead atoms. The van der Waals surface area contributed by atoms with Crippen molar-refractivity contribution in [3.8, 4) is 6.07 Å². The summed E-state index contributed by atoms with van der Waals surface area (Å²) in [5.74, 6) is 0.226. The van der Waals surface area contributed by atoms with Gasteiger partial charge in [0.15, 0.2) is 5.16 Å². The fourth-order valence-corrected chi connectivity index (χ4v) is 3.37. The second kappa shape index (κ2) is 8.37. The molecule has 2 heterocycles. The number of halogens is 1. The normalized spacial score (nSPS) is 18.2. The van der Waals surface area contributed by atoms with E-state index in [4.69, 9.17) is 21.6 Å². The number of nitrogens with zero attached hydrogens (tertiary/aromatic N) is 4. The number of carbonyl (C=O) groups excluding carboxylic acids is 1. The summed E-state index contributed by atoms with van der Waals surface area (Å²) >= 11 is 7.57. The van der Waals surface area contributed by atoms with Crippen LogP contribution in [0, 0.1) is 17.2 Å². The number of nitriles is 1. The zero-order valence-electron chi connectivity index (χ0n) is 13.2. The van der Waals surface area contributed by atoms with Gasteiger partial charge in [0.25, 0.3) is 0 Å². The molecule has 8 heteroatoms. The number of aromatic nitrogens is 2. The maximum atomic E-state index is 12.1. The molecule has 0 radical (unpaired) electrons. The minimum Gasteiger partial charge on any atom is -0.465 e. The molecule has 0 amide bonds. The van der Waals surface area contributed by atoms with Gasteiger partial charge < -0.3 is 9.64 Å². The fourth-order valence-electron chi connectivity index (χ4n) is 2.72. The Morgan fingerprint density at radius 2 is 2.30 bits per heavy atom. The van der Waals surface area contributed by atoms with Gasteiger partial charge in [-0.05, 0) is 25.0 Å². The number of rotatable bonds is 4. The third kappa shape index (κ3) is 4.27. The number of anilines is 1. The summed E-state index contributed by atoms with van der Waals surface area (Å²) in [6.07, 6.45) is 5.40. The molecule has 1 aliphatic heterocycles. The van der Waals surface area contributed by atoms with Gasteiger partial charge in [-0.3, -0.25) is 0 Å². The molecule has 1 atom stereocenters. The van der Waals surface area contributed by atoms with Crippen molar-refractivity contribution in [3.05, 3.63) is 10.7 Å². The molecule has 1 saturated heterocycles. The van der Waals surface area contributed by atoms with Crippen LogP contribution in [0.15, 0.2) is 5.16 Å². The predicted octanol–water partition coefficient (Wildman–Crippen LogP) is 3.16. The molecule has 0 saturated carbocycles. The average Bonchev–Trinajstić information content (AvgIpc) is 2.79. The Hall–Kier alpha value is -1.52. The molecule has 1 aromatic heterocycles. The molecule has 0 aliphatic carbocycles. The molecular weight excluding hydrogens is 336 g/mol. The minimum atomic E-state index is -0.543. The van der Waals surface area contributed by atoms with E-state index in [0.717, 1.165) is 25.8 Å². The van der Waals surface area contributed by atoms with Crippen molar-refractivity contribution in [2.75, 3.05) is 31.4 Å². The molecule has 2 rings (SSSR count). The third-order valence-electron chi connectivity index (χ3n) is 3.85. The van der Waals surface area contributed by atoms with E-state index in [1.165, 1.54) is 18.9 Å². The van der Waals surface area contributed by atoms with Crippen molar-refractivity contribution >= 4 is 35.1 Å². The number of carbonyl (C=O) groups is 1. The number of ether oxygens (including phenoxy) is 1. The van der Waals surface area contributed by atoms with Crippen LogP contribution in [0.3, 0.4) is 0 Å². The molecule has 1 fully saturated rings. The Labute approximate surface area is 145 Å². The molecule has 1 aliphatic rings. The first-order valence-corrected chi connectivity index (χ1v) is 9.02. The van der Waals surface area contributed by atoms with E-state index in [9.17, 15) is 4.79 Å². The average molecular weight is 355 g/mol. The van der Waals surface area contributed by atoms with Crippen molar-refractivity contribution < 1.29 is 9.53 Å². The molecular formula is C15H19ClN4O2S. The van der Waals surface area contributed by atoms with E-state index in [1.54, 1.807) is 0 Å². The number of methoxy groups -OCH3 is 1. The zero-order valence-corrected chi connectivity index (χ0v) is 14.8. The van der Waals surface area contributed by atoms with Gasteiger partial charge in [-0.25, -0.2) is 14.8 Å². The van der Waals surface area contributed by atoms with Crippen molar-refractivity contribution in [2.24, 2.45) is 5.92 Å². The van der Waals surface area contributed by atoms with E-state index >= 15 is 0 Å². The monoisotopic (exact) mass is 354 g/mol. The van der Waals surface area contributed by atoms with E-state index in [0.29, 0.717) is 23.9 Å². The van der Waals surface area contributed by atoms with Crippen molar-refractivity contribution in [3.63, 3.8) is 0 Å². The van der Waals surface area contributed by atoms with E-state index in [2.05, 4.69) is 16.0 Å². The van der Waals surface area contributed by atoms with Crippen LogP contribution in [0.25, 0.3) is 0 Å². The van der Waals surface area contributed by atoms with Gasteiger partial charge >= 0.3 is 5.97 Å². The van der Waals surface area contributed by atoms with E-state index in [1.807, 2.05) is 11.2 Å². The summed E-state index contributed by atoms with van der Waals surface area (Å²) < 4.78 is 4.84. The van der Waals surface area contributed by atoms with E-state index in [-0.39, 0.29) is 16.6 Å². The highest BCUT2D eigenvalue weighted by atomic mass is 35.5. The summed E-state index contributed by atoms with van der Waals surface area (Å²) in [6, 6.07) is 2.24. The summed E-state index contributed by atoms with van der Waals surface area (Å²) in [5.41, 5.74) is 0.199. The SMILES string of the molecule is COC(=O)c1c(Cl)nc(SC)nc1N1CCCCC(CC#N)C1. The minimum absolute atomic E-state index is 0.104. The largest absolute Gasteiger partial charge is 0.465 e. The Morgan fingerprint density at radius 3 is 2.96 bits per heavy atom. The van der Waals surface area contributed by atoms with Crippen LogP contribution in [-0.2, 0) is 4.74 Å². The van der Waals surface area contributed by atoms with Gasteiger partial charge in [0, 0.05) is 19.5 Å². The molecule has 0 N–H and O–H groups in total. The lowest BCUT2D eigenvalue weighted by Gasteiger charge is -2.26. The standard InChI is InChI=1S/C15H19ClN4O2S/c1-22-14(21)11-12(16)18-15(23-2)19-13(11)20-8-4-3-5-10(9-20)6-7-17/h10H,3-6,8-9H2,1-2H3. The summed E-state index contributed by atoms with van der Waals surface area (Å²) in [7, 11) is 1.31. The zero-order chi connectivity index (χ0) is 16.8. The molecule has 0 spiro atoms. The van der Waals surface area contributed by atoms with Crippen LogP contribution in [0.5, 0.6) is 0 Å². The highest BCUT2D eigenvalue weighted by Crippen LogP contribution is 2.31. The summed E-state index contributed by atoms with van der Waals surface area (Å²) in [5, 5.41) is 9.60. The predicted molar refractivity (Wildman–Crippen MR) is 89.9 cm³/mol. The van der Waals surface area contributed by atoms with Crippen LogP contribution in [-0.4, -0.2) is 42.4 Å². The highest BCUT2D eigenvalue weighted by molar-refractivity contribution is 7.98. The van der Waals surface area contributed by atoms with Gasteiger partial charge in [0.2, 0.25) is 0 Å². The first-order chi connectivity index (χ1) is 11.1. The van der Waals surface area contributed by atoms with Gasteiger partial charge in [-0.1, -0.05) is 29.8 Å². The Bertz CT molecular complexity index is 620. The van der Waals surface area contributed by atoms with Gasteiger partial charge in [-0.2, -0.15) is 5.26 Å². The summed E-state index contributed by atoms with van der Waals surface area (Å²) in [6.45, 7) is 1.45. The van der Waals surface area contributed by atoms with Gasteiger partial charge in [-0.15, -0.1) is 0 Å². The quantitative estimate of drug-likeness (QED) is 0.355. The molecule has 1 unspecified atom stereocenters. The van der Waals surface area contributed by atoms with Crippen LogP contribution >= 0.6 is 23.4 Å². The van der Waals surface area contributed by atoms with Gasteiger partial charge in [0.05, 0.1) is 13.2 Å². The molecule has 0 aromatic carbocycles. The van der Waals surface area contributed by atoms with E-state index < -0.39 is 5.97 Å². The van der Waals surface area contributed by atoms with Crippen LogP contribution < -0.4 is 4.90 Å². The van der Waals surface area contributed by atoms with Crippen molar-refractivity contribution in [1.82, 2.24) is 9.97 Å². The lowest BCUT2D eigenvalue weighted by molar-refractivity contribution is 0.0600. The van der Waals surface area contributed by atoms with Crippen LogP contribution in [0.2, 0.25) is 5.15 Å².